The predicted octanol–water partition coefficient (Wildman–Crippen LogP) is 4.54. The maximum Gasteiger partial charge on any atom is 0.256 e. The molecule has 3 rings (SSSR count). The molecule has 30 heavy (non-hydrogen) atoms. The van der Waals surface area contributed by atoms with Crippen molar-refractivity contribution in [3.63, 3.8) is 0 Å². The number of carbonyl (C=O) groups excluding carboxylic acids is 2. The minimum atomic E-state index is -0.479. The van der Waals surface area contributed by atoms with E-state index in [2.05, 4.69) is 31.3 Å². The van der Waals surface area contributed by atoms with Crippen molar-refractivity contribution in [3.05, 3.63) is 65.5 Å². The smallest absolute Gasteiger partial charge is 0.256 e. The van der Waals surface area contributed by atoms with E-state index in [0.717, 1.165) is 18.4 Å². The molecule has 0 spiro atoms. The van der Waals surface area contributed by atoms with Gasteiger partial charge >= 0.3 is 0 Å². The lowest BCUT2D eigenvalue weighted by molar-refractivity contribution is -0.120. The van der Waals surface area contributed by atoms with Crippen LogP contribution in [-0.2, 0) is 11.2 Å². The zero-order valence-corrected chi connectivity index (χ0v) is 18.4. The second-order valence-corrected chi connectivity index (χ2v) is 9.66. The number of likely N-dealkylation sites (tertiary alicyclic amines) is 1. The maximum absolute atomic E-state index is 13.8. The van der Waals surface area contributed by atoms with Gasteiger partial charge in [-0.25, -0.2) is 4.39 Å². The summed E-state index contributed by atoms with van der Waals surface area (Å²) in [5.41, 5.74) is 1.13. The molecule has 0 aromatic heterocycles. The van der Waals surface area contributed by atoms with E-state index in [4.69, 9.17) is 0 Å². The van der Waals surface area contributed by atoms with Crippen molar-refractivity contribution in [2.45, 2.75) is 43.3 Å². The molecule has 1 fully saturated rings. The van der Waals surface area contributed by atoms with Crippen LogP contribution < -0.4 is 5.32 Å². The molecule has 6 heteroatoms. The molecule has 160 valence electrons. The summed E-state index contributed by atoms with van der Waals surface area (Å²) in [5, 5.41) is 3.56. The third-order valence-electron chi connectivity index (χ3n) is 5.25. The van der Waals surface area contributed by atoms with E-state index in [9.17, 15) is 14.0 Å². The third-order valence-corrected chi connectivity index (χ3v) is 6.27. The summed E-state index contributed by atoms with van der Waals surface area (Å²) in [6.45, 7) is 6.10. The quantitative estimate of drug-likeness (QED) is 0.659. The number of piperidine rings is 1. The van der Waals surface area contributed by atoms with E-state index in [1.54, 1.807) is 17.0 Å². The molecule has 0 bridgehead atoms. The van der Waals surface area contributed by atoms with Crippen LogP contribution in [0.1, 0.15) is 42.6 Å². The minimum absolute atomic E-state index is 0.0177. The van der Waals surface area contributed by atoms with Crippen LogP contribution in [0.2, 0.25) is 0 Å². The predicted molar refractivity (Wildman–Crippen MR) is 119 cm³/mol. The zero-order valence-electron chi connectivity index (χ0n) is 17.6. The summed E-state index contributed by atoms with van der Waals surface area (Å²) in [5.74, 6) is -0.380. The van der Waals surface area contributed by atoms with Gasteiger partial charge in [0, 0.05) is 29.8 Å². The largest absolute Gasteiger partial charge is 0.356 e. The highest BCUT2D eigenvalue weighted by Crippen LogP contribution is 2.23. The number of nitrogens with one attached hydrogen (secondary N) is 1. The molecule has 2 aromatic rings. The molecule has 0 saturated carbocycles. The second-order valence-electron chi connectivity index (χ2n) is 8.01. The number of amides is 2. The molecule has 0 aliphatic carbocycles. The van der Waals surface area contributed by atoms with Crippen LogP contribution in [0.4, 0.5) is 4.39 Å². The molecule has 1 aliphatic heterocycles. The Morgan fingerprint density at radius 2 is 1.77 bits per heavy atom. The first-order valence-corrected chi connectivity index (χ1v) is 11.4. The van der Waals surface area contributed by atoms with Crippen LogP contribution in [0.5, 0.6) is 0 Å². The number of carbonyl (C=O) groups is 2. The number of benzene rings is 2. The van der Waals surface area contributed by atoms with E-state index >= 15 is 0 Å². The SMILES string of the molecule is CC(C)Sc1ccc(CC(=O)NCC2CCN(C(=O)c3ccccc3F)CC2)cc1. The Morgan fingerprint density at radius 1 is 1.10 bits per heavy atom. The average molecular weight is 429 g/mol. The van der Waals surface area contributed by atoms with Gasteiger partial charge in [-0.3, -0.25) is 9.59 Å². The van der Waals surface area contributed by atoms with Gasteiger partial charge in [-0.2, -0.15) is 0 Å². The first-order chi connectivity index (χ1) is 14.4. The van der Waals surface area contributed by atoms with Crippen LogP contribution in [0, 0.1) is 11.7 Å². The third kappa shape index (κ3) is 6.33. The molecule has 1 N–H and O–H groups in total. The monoisotopic (exact) mass is 428 g/mol. The summed E-state index contributed by atoms with van der Waals surface area (Å²) in [6, 6.07) is 14.2. The minimum Gasteiger partial charge on any atom is -0.356 e. The van der Waals surface area contributed by atoms with Crippen molar-refractivity contribution in [1.29, 1.82) is 0 Å². The van der Waals surface area contributed by atoms with Crippen molar-refractivity contribution in [1.82, 2.24) is 10.2 Å². The van der Waals surface area contributed by atoms with Crippen molar-refractivity contribution in [2.75, 3.05) is 19.6 Å². The molecule has 0 unspecified atom stereocenters. The molecular weight excluding hydrogens is 399 g/mol. The van der Waals surface area contributed by atoms with Crippen molar-refractivity contribution < 1.29 is 14.0 Å². The lowest BCUT2D eigenvalue weighted by Crippen LogP contribution is -2.42. The van der Waals surface area contributed by atoms with Crippen molar-refractivity contribution in [2.24, 2.45) is 5.92 Å². The Bertz CT molecular complexity index is 862. The highest BCUT2D eigenvalue weighted by molar-refractivity contribution is 7.99. The van der Waals surface area contributed by atoms with Gasteiger partial charge in [0.1, 0.15) is 5.82 Å². The topological polar surface area (TPSA) is 49.4 Å². The zero-order chi connectivity index (χ0) is 21.5. The van der Waals surface area contributed by atoms with Gasteiger partial charge in [0.2, 0.25) is 5.91 Å². The van der Waals surface area contributed by atoms with Gasteiger partial charge in [-0.1, -0.05) is 38.1 Å². The molecule has 0 atom stereocenters. The fraction of sp³-hybridized carbons (Fsp3) is 0.417. The highest BCUT2D eigenvalue weighted by atomic mass is 32.2. The molecule has 1 saturated heterocycles. The van der Waals surface area contributed by atoms with Gasteiger partial charge in [0.05, 0.1) is 12.0 Å². The lowest BCUT2D eigenvalue weighted by Gasteiger charge is -2.32. The first kappa shape index (κ1) is 22.3. The van der Waals surface area contributed by atoms with Gasteiger partial charge < -0.3 is 10.2 Å². The van der Waals surface area contributed by atoms with Crippen molar-refractivity contribution >= 4 is 23.6 Å². The second kappa shape index (κ2) is 10.6. The van der Waals surface area contributed by atoms with Crippen LogP contribution in [0.3, 0.4) is 0 Å². The van der Waals surface area contributed by atoms with Crippen LogP contribution in [0.25, 0.3) is 0 Å². The van der Waals surface area contributed by atoms with E-state index < -0.39 is 5.82 Å². The Hall–Kier alpha value is -2.34. The van der Waals surface area contributed by atoms with E-state index in [1.165, 1.54) is 17.0 Å². The summed E-state index contributed by atoms with van der Waals surface area (Å²) < 4.78 is 13.8. The number of hydrogen-bond donors (Lipinski definition) is 1. The summed E-state index contributed by atoms with van der Waals surface area (Å²) >= 11 is 1.81. The summed E-state index contributed by atoms with van der Waals surface area (Å²) in [4.78, 5) is 27.7. The number of nitrogens with zero attached hydrogens (tertiary/aromatic N) is 1. The Kier molecular flexibility index (Phi) is 7.91. The Morgan fingerprint density at radius 3 is 2.40 bits per heavy atom. The standard InChI is InChI=1S/C24H29FN2O2S/c1-17(2)30-20-9-7-18(8-10-20)15-23(28)26-16-19-11-13-27(14-12-19)24(29)21-5-3-4-6-22(21)25/h3-10,17,19H,11-16H2,1-2H3,(H,26,28). The molecular formula is C24H29FN2O2S. The van der Waals surface area contributed by atoms with E-state index in [0.29, 0.717) is 37.2 Å². The van der Waals surface area contributed by atoms with Gasteiger partial charge in [0.15, 0.2) is 0 Å². The van der Waals surface area contributed by atoms with Crippen LogP contribution >= 0.6 is 11.8 Å². The maximum atomic E-state index is 13.8. The normalized spacial score (nSPS) is 14.7. The van der Waals surface area contributed by atoms with Crippen LogP contribution in [0.15, 0.2) is 53.4 Å². The lowest BCUT2D eigenvalue weighted by atomic mass is 9.96. The molecule has 0 radical (unpaired) electrons. The molecule has 4 nitrogen and oxygen atoms in total. The Balaban J connectivity index is 1.40. The van der Waals surface area contributed by atoms with Crippen molar-refractivity contribution in [3.8, 4) is 0 Å². The van der Waals surface area contributed by atoms with E-state index in [-0.39, 0.29) is 17.4 Å². The molecule has 1 aliphatic rings. The molecule has 2 aromatic carbocycles. The molecule has 1 heterocycles. The van der Waals surface area contributed by atoms with E-state index in [1.807, 2.05) is 23.9 Å². The number of rotatable bonds is 7. The number of hydrogen-bond acceptors (Lipinski definition) is 3. The van der Waals surface area contributed by atoms with Gasteiger partial charge in [0.25, 0.3) is 5.91 Å². The highest BCUT2D eigenvalue weighted by Gasteiger charge is 2.25. The molecule has 2 amide bonds. The number of thioether (sulfide) groups is 1. The van der Waals surface area contributed by atoms with Crippen LogP contribution in [-0.4, -0.2) is 41.6 Å². The fourth-order valence-electron chi connectivity index (χ4n) is 3.61. The Labute approximate surface area is 182 Å². The van der Waals surface area contributed by atoms with Gasteiger partial charge in [-0.05, 0) is 48.6 Å². The summed E-state index contributed by atoms with van der Waals surface area (Å²) in [6.07, 6.45) is 1.99. The average Bonchev–Trinajstić information content (AvgIpc) is 2.73. The number of halogens is 1. The first-order valence-electron chi connectivity index (χ1n) is 10.5. The van der Waals surface area contributed by atoms with Gasteiger partial charge in [-0.15, -0.1) is 11.8 Å². The fourth-order valence-corrected chi connectivity index (χ4v) is 4.45. The summed E-state index contributed by atoms with van der Waals surface area (Å²) in [7, 11) is 0.